The molecule has 46 heavy (non-hydrogen) atoms. The van der Waals surface area contributed by atoms with Crippen LogP contribution in [0.1, 0.15) is 94.0 Å². The van der Waals surface area contributed by atoms with Crippen LogP contribution in [0.15, 0.2) is 81.1 Å². The van der Waals surface area contributed by atoms with Crippen molar-refractivity contribution in [2.24, 2.45) is 9.98 Å². The van der Waals surface area contributed by atoms with E-state index < -0.39 is 0 Å². The molecule has 0 saturated heterocycles. The molecule has 0 saturated carbocycles. The second-order valence-electron chi connectivity index (χ2n) is 13.5. The lowest BCUT2D eigenvalue weighted by atomic mass is 9.83. The molecule has 2 aromatic heterocycles. The molecule has 5 aliphatic rings. The number of H-pyrrole nitrogens is 2. The maximum atomic E-state index is 5.47. The van der Waals surface area contributed by atoms with Crippen LogP contribution >= 0.6 is 0 Å². The Kier molecular flexibility index (Phi) is 6.25. The van der Waals surface area contributed by atoms with Gasteiger partial charge in [-0.25, -0.2) is 0 Å². The highest BCUT2D eigenvalue weighted by Crippen LogP contribution is 2.45. The molecule has 4 aromatic rings. The predicted molar refractivity (Wildman–Crippen MR) is 191 cm³/mol. The Labute approximate surface area is 271 Å². The van der Waals surface area contributed by atoms with E-state index in [1.165, 1.54) is 101 Å². The molecule has 0 atom stereocenters. The number of aliphatic imine (C=N–C) groups is 2. The Balaban J connectivity index is 1.29. The van der Waals surface area contributed by atoms with E-state index in [0.29, 0.717) is 0 Å². The Hall–Kier alpha value is -4.70. The van der Waals surface area contributed by atoms with Crippen LogP contribution in [0.5, 0.6) is 0 Å². The number of hydrogen-bond acceptors (Lipinski definition) is 2. The first-order valence-corrected chi connectivity index (χ1v) is 17.2. The van der Waals surface area contributed by atoms with E-state index in [-0.39, 0.29) is 0 Å². The van der Waals surface area contributed by atoms with Crippen LogP contribution in [0, 0.1) is 13.8 Å². The molecule has 8 bridgehead atoms. The van der Waals surface area contributed by atoms with E-state index >= 15 is 0 Å². The molecule has 3 aliphatic heterocycles. The van der Waals surface area contributed by atoms with Crippen LogP contribution in [0.2, 0.25) is 0 Å². The highest BCUT2D eigenvalue weighted by Gasteiger charge is 2.33. The van der Waals surface area contributed by atoms with Crippen LogP contribution in [0.4, 0.5) is 0 Å². The number of aromatic amines is 2. The van der Waals surface area contributed by atoms with Crippen LogP contribution in [0.25, 0.3) is 23.3 Å². The number of aryl methyl sites for hydroxylation is 2. The van der Waals surface area contributed by atoms with Gasteiger partial charge in [-0.2, -0.15) is 0 Å². The normalized spacial score (nSPS) is 19.1. The third kappa shape index (κ3) is 4.05. The van der Waals surface area contributed by atoms with Crippen LogP contribution in [-0.2, 0) is 38.5 Å². The predicted octanol–water partition coefficient (Wildman–Crippen LogP) is 9.27. The summed E-state index contributed by atoms with van der Waals surface area (Å²) in [4.78, 5) is 18.8. The quantitative estimate of drug-likeness (QED) is 0.230. The topological polar surface area (TPSA) is 56.3 Å². The lowest BCUT2D eigenvalue weighted by Crippen LogP contribution is -2.11. The summed E-state index contributed by atoms with van der Waals surface area (Å²) in [5.41, 5.74) is 26.1. The van der Waals surface area contributed by atoms with Crippen molar-refractivity contribution in [3.63, 3.8) is 0 Å². The van der Waals surface area contributed by atoms with Gasteiger partial charge in [0.2, 0.25) is 0 Å². The Morgan fingerprint density at radius 3 is 1.46 bits per heavy atom. The van der Waals surface area contributed by atoms with Crippen molar-refractivity contribution in [2.75, 3.05) is 0 Å². The van der Waals surface area contributed by atoms with Gasteiger partial charge in [0.05, 0.1) is 22.8 Å². The Bertz CT molecular complexity index is 2030. The zero-order valence-electron chi connectivity index (χ0n) is 27.3. The van der Waals surface area contributed by atoms with Gasteiger partial charge in [0, 0.05) is 46.8 Å². The Morgan fingerprint density at radius 1 is 0.587 bits per heavy atom. The van der Waals surface area contributed by atoms with Gasteiger partial charge in [0.1, 0.15) is 0 Å². The fourth-order valence-electron chi connectivity index (χ4n) is 8.86. The lowest BCUT2D eigenvalue weighted by Gasteiger charge is -2.20. The number of nitrogens with one attached hydrogen (secondary N) is 2. The van der Waals surface area contributed by atoms with E-state index in [4.69, 9.17) is 9.98 Å². The third-order valence-corrected chi connectivity index (χ3v) is 11.2. The average molecular weight is 601 g/mol. The molecule has 0 fully saturated rings. The third-order valence-electron chi connectivity index (χ3n) is 11.2. The summed E-state index contributed by atoms with van der Waals surface area (Å²) in [7, 11) is 0. The van der Waals surface area contributed by atoms with Crippen molar-refractivity contribution < 1.29 is 0 Å². The second-order valence-corrected chi connectivity index (χ2v) is 13.5. The van der Waals surface area contributed by atoms with Crippen molar-refractivity contribution in [2.45, 2.75) is 79.1 Å². The molecule has 0 radical (unpaired) electrons. The smallest absolute Gasteiger partial charge is 0.0735 e. The molecule has 2 aliphatic carbocycles. The summed E-state index contributed by atoms with van der Waals surface area (Å²) in [5.74, 6) is 0. The number of allylic oxidation sites excluding steroid dienone is 4. The molecule has 4 heteroatoms. The van der Waals surface area contributed by atoms with Crippen molar-refractivity contribution in [3.8, 4) is 0 Å². The van der Waals surface area contributed by atoms with E-state index in [0.717, 1.165) is 62.8 Å². The molecule has 0 unspecified atom stereocenters. The lowest BCUT2D eigenvalue weighted by molar-refractivity contribution is 0.950. The van der Waals surface area contributed by atoms with Crippen LogP contribution < -0.4 is 0 Å². The highest BCUT2D eigenvalue weighted by atomic mass is 14.9. The van der Waals surface area contributed by atoms with E-state index in [1.807, 2.05) is 0 Å². The van der Waals surface area contributed by atoms with Gasteiger partial charge >= 0.3 is 0 Å². The number of benzene rings is 2. The SMILES string of the molecule is CCc1c2[nH]c(c1C)C=C1N=C(Cc3[nH]c(c(C)c3CC)/C=C3/N=C(C2)C2=C3c3ccccc3CC2)C2=C1c1ccccc1CC2. The van der Waals surface area contributed by atoms with E-state index in [9.17, 15) is 0 Å². The molecule has 4 nitrogen and oxygen atoms in total. The molecule has 5 heterocycles. The summed E-state index contributed by atoms with van der Waals surface area (Å²) in [5, 5.41) is 0. The number of hydrogen-bond donors (Lipinski definition) is 2. The molecule has 0 spiro atoms. The van der Waals surface area contributed by atoms with E-state index in [1.54, 1.807) is 0 Å². The minimum Gasteiger partial charge on any atom is -0.358 e. The van der Waals surface area contributed by atoms with Gasteiger partial charge in [0.25, 0.3) is 0 Å². The molecule has 9 rings (SSSR count). The zero-order valence-corrected chi connectivity index (χ0v) is 27.3. The fourth-order valence-corrected chi connectivity index (χ4v) is 8.86. The summed E-state index contributed by atoms with van der Waals surface area (Å²) in [6.45, 7) is 9.12. The average Bonchev–Trinajstić information content (AvgIpc) is 3.78. The monoisotopic (exact) mass is 600 g/mol. The van der Waals surface area contributed by atoms with Crippen molar-refractivity contribution in [3.05, 3.63) is 138 Å². The molecular formula is C42H40N4. The van der Waals surface area contributed by atoms with Gasteiger partial charge in [0.15, 0.2) is 0 Å². The first-order chi connectivity index (χ1) is 22.5. The van der Waals surface area contributed by atoms with E-state index in [2.05, 4.69) is 98.3 Å². The van der Waals surface area contributed by atoms with Crippen molar-refractivity contribution >= 4 is 34.7 Å². The second kappa shape index (κ2) is 10.4. The summed E-state index contributed by atoms with van der Waals surface area (Å²) in [6.07, 6.45) is 12.5. The van der Waals surface area contributed by atoms with Crippen molar-refractivity contribution in [1.29, 1.82) is 0 Å². The molecule has 228 valence electrons. The van der Waals surface area contributed by atoms with Crippen molar-refractivity contribution in [1.82, 2.24) is 9.97 Å². The maximum Gasteiger partial charge on any atom is 0.0735 e. The number of fused-ring (bicyclic) bond motifs is 14. The molecule has 0 amide bonds. The van der Waals surface area contributed by atoms with Gasteiger partial charge in [-0.3, -0.25) is 9.98 Å². The minimum absolute atomic E-state index is 0.812. The Morgan fingerprint density at radius 2 is 1.02 bits per heavy atom. The first-order valence-electron chi connectivity index (χ1n) is 17.2. The fraction of sp³-hybridized carbons (Fsp3) is 0.286. The number of rotatable bonds is 2. The molecule has 2 aromatic carbocycles. The summed E-state index contributed by atoms with van der Waals surface area (Å²) < 4.78 is 0. The van der Waals surface area contributed by atoms with Gasteiger partial charge < -0.3 is 9.97 Å². The minimum atomic E-state index is 0.812. The molecular weight excluding hydrogens is 560 g/mol. The van der Waals surface area contributed by atoms with Gasteiger partial charge in [-0.05, 0) is 120 Å². The first kappa shape index (κ1) is 27.6. The number of nitrogens with zero attached hydrogens (tertiary/aromatic N) is 2. The number of aromatic nitrogens is 2. The van der Waals surface area contributed by atoms with Gasteiger partial charge in [-0.15, -0.1) is 0 Å². The molecule has 2 N–H and O–H groups in total. The zero-order chi connectivity index (χ0) is 31.1. The highest BCUT2D eigenvalue weighted by molar-refractivity contribution is 6.17. The summed E-state index contributed by atoms with van der Waals surface area (Å²) in [6, 6.07) is 17.9. The summed E-state index contributed by atoms with van der Waals surface area (Å²) >= 11 is 0. The van der Waals surface area contributed by atoms with Crippen LogP contribution in [0.3, 0.4) is 0 Å². The van der Waals surface area contributed by atoms with Gasteiger partial charge in [-0.1, -0.05) is 62.4 Å². The largest absolute Gasteiger partial charge is 0.358 e. The maximum absolute atomic E-state index is 5.47. The standard InChI is InChI=1S/C42H40N4/c1-5-27-23(3)33-19-39-42-30-14-10-8-12-26(30)16-18-32(42)38(46-39)22-36-28(6-2)24(4)34(44-36)20-40-41-29-13-9-7-11-25(29)15-17-31(41)37(45-40)21-35(27)43-33/h7-14,19-20,43-44H,5-6,15-18,21-22H2,1-4H3/b39-19+,40-20?. The van der Waals surface area contributed by atoms with Crippen LogP contribution in [-0.4, -0.2) is 21.4 Å².